The molecule has 1 unspecified atom stereocenters. The van der Waals surface area contributed by atoms with Crippen molar-refractivity contribution in [2.24, 2.45) is 5.73 Å². The fraction of sp³-hybridized carbons (Fsp3) is 0.556. The minimum atomic E-state index is -0.429. The van der Waals surface area contributed by atoms with E-state index >= 15 is 0 Å². The summed E-state index contributed by atoms with van der Waals surface area (Å²) in [4.78, 5) is 24.6. The molecule has 1 aliphatic heterocycles. The van der Waals surface area contributed by atoms with E-state index in [4.69, 9.17) is 10.5 Å². The van der Waals surface area contributed by atoms with Gasteiger partial charge in [-0.1, -0.05) is 29.8 Å². The quantitative estimate of drug-likeness (QED) is 0.620. The number of unbranched alkanes of at least 4 members (excludes halogenated alkanes) is 1. The summed E-state index contributed by atoms with van der Waals surface area (Å²) in [6, 6.07) is 8.00. The number of nitrogens with two attached hydrogens (primary N) is 1. The number of hydrogen-bond donors (Lipinski definition) is 1. The molecule has 0 saturated carbocycles. The predicted molar refractivity (Wildman–Crippen MR) is 89.0 cm³/mol. The molecule has 1 aromatic rings. The van der Waals surface area contributed by atoms with Crippen molar-refractivity contribution in [3.8, 4) is 0 Å². The van der Waals surface area contributed by atoms with Crippen LogP contribution in [0.4, 0.5) is 4.79 Å². The van der Waals surface area contributed by atoms with Gasteiger partial charge in [0.05, 0.1) is 6.04 Å². The van der Waals surface area contributed by atoms with E-state index in [2.05, 4.69) is 31.2 Å². The lowest BCUT2D eigenvalue weighted by atomic mass is 10.1. The highest BCUT2D eigenvalue weighted by molar-refractivity contribution is 5.73. The number of primary amides is 1. The lowest BCUT2D eigenvalue weighted by Gasteiger charge is -2.22. The minimum absolute atomic E-state index is 0.0518. The first-order valence-electron chi connectivity index (χ1n) is 8.33. The largest absolute Gasteiger partial charge is 0.463 e. The maximum Gasteiger partial charge on any atom is 0.315 e. The van der Waals surface area contributed by atoms with Gasteiger partial charge in [0.1, 0.15) is 6.61 Å². The van der Waals surface area contributed by atoms with E-state index in [9.17, 15) is 9.59 Å². The van der Waals surface area contributed by atoms with Crippen molar-refractivity contribution in [3.63, 3.8) is 0 Å². The Morgan fingerprint density at radius 3 is 2.70 bits per heavy atom. The zero-order valence-electron chi connectivity index (χ0n) is 13.8. The second kappa shape index (κ2) is 8.56. The molecular formula is C18H26N2O3. The summed E-state index contributed by atoms with van der Waals surface area (Å²) >= 11 is 0. The molecule has 0 spiro atoms. The van der Waals surface area contributed by atoms with Crippen molar-refractivity contribution in [1.29, 1.82) is 0 Å². The molecule has 126 valence electrons. The summed E-state index contributed by atoms with van der Waals surface area (Å²) in [5, 5.41) is 0. The summed E-state index contributed by atoms with van der Waals surface area (Å²) < 4.78 is 5.29. The normalized spacial score (nSPS) is 17.3. The van der Waals surface area contributed by atoms with Crippen LogP contribution in [0.25, 0.3) is 0 Å². The van der Waals surface area contributed by atoms with Gasteiger partial charge in [-0.3, -0.25) is 4.79 Å². The van der Waals surface area contributed by atoms with E-state index in [1.54, 1.807) is 4.90 Å². The van der Waals surface area contributed by atoms with Crippen LogP contribution in [-0.4, -0.2) is 36.1 Å². The van der Waals surface area contributed by atoms with Gasteiger partial charge in [-0.05, 0) is 44.6 Å². The zero-order valence-corrected chi connectivity index (χ0v) is 13.8. The number of rotatable bonds is 7. The van der Waals surface area contributed by atoms with Gasteiger partial charge < -0.3 is 15.4 Å². The number of benzene rings is 1. The average Bonchev–Trinajstić information content (AvgIpc) is 3.00. The maximum atomic E-state index is 11.8. The third kappa shape index (κ3) is 5.58. The maximum absolute atomic E-state index is 11.8. The Balaban J connectivity index is 1.60. The van der Waals surface area contributed by atoms with E-state index in [-0.39, 0.29) is 18.6 Å². The average molecular weight is 318 g/mol. The number of carbonyl (C=O) groups is 2. The van der Waals surface area contributed by atoms with E-state index in [1.165, 1.54) is 11.1 Å². The molecule has 1 fully saturated rings. The van der Waals surface area contributed by atoms with Crippen molar-refractivity contribution in [1.82, 2.24) is 4.90 Å². The van der Waals surface area contributed by atoms with E-state index in [0.717, 1.165) is 32.1 Å². The summed E-state index contributed by atoms with van der Waals surface area (Å²) in [5.41, 5.74) is 7.86. The number of ether oxygens (including phenoxy) is 1. The Bertz CT molecular complexity index is 528. The highest BCUT2D eigenvalue weighted by atomic mass is 16.5. The Hall–Kier alpha value is -2.04. The van der Waals surface area contributed by atoms with Crippen LogP contribution < -0.4 is 5.73 Å². The summed E-state index contributed by atoms with van der Waals surface area (Å²) in [6.07, 6.45) is 4.96. The number of urea groups is 1. The molecular weight excluding hydrogens is 292 g/mol. The number of esters is 1. The third-order valence-electron chi connectivity index (χ3n) is 4.31. The highest BCUT2D eigenvalue weighted by Crippen LogP contribution is 2.17. The van der Waals surface area contributed by atoms with E-state index in [1.807, 2.05) is 0 Å². The molecule has 5 heteroatoms. The monoisotopic (exact) mass is 318 g/mol. The molecule has 23 heavy (non-hydrogen) atoms. The van der Waals surface area contributed by atoms with Gasteiger partial charge >= 0.3 is 12.0 Å². The van der Waals surface area contributed by atoms with Gasteiger partial charge in [0.25, 0.3) is 0 Å². The predicted octanol–water partition coefficient (Wildman–Crippen LogP) is 2.79. The Morgan fingerprint density at radius 2 is 2.00 bits per heavy atom. The van der Waals surface area contributed by atoms with E-state index < -0.39 is 6.03 Å². The molecule has 1 aliphatic rings. The van der Waals surface area contributed by atoms with Crippen molar-refractivity contribution >= 4 is 12.0 Å². The lowest BCUT2D eigenvalue weighted by molar-refractivity contribution is -0.145. The minimum Gasteiger partial charge on any atom is -0.463 e. The molecule has 0 bridgehead atoms. The SMILES string of the molecule is Cc1ccc(CCCCC(=O)OCC2CCCN2C(N)=O)cc1. The number of nitrogens with zero attached hydrogens (tertiary/aromatic N) is 1. The number of carbonyl (C=O) groups excluding carboxylic acids is 2. The zero-order chi connectivity index (χ0) is 16.7. The van der Waals surface area contributed by atoms with Crippen LogP contribution in [-0.2, 0) is 16.0 Å². The second-order valence-corrected chi connectivity index (χ2v) is 6.20. The first kappa shape index (κ1) is 17.3. The van der Waals surface area contributed by atoms with Gasteiger partial charge in [0.2, 0.25) is 0 Å². The number of amides is 2. The fourth-order valence-electron chi connectivity index (χ4n) is 2.91. The molecule has 1 atom stereocenters. The molecule has 2 rings (SSSR count). The van der Waals surface area contributed by atoms with Crippen LogP contribution >= 0.6 is 0 Å². The standard InChI is InChI=1S/C18H26N2O3/c1-14-8-10-15(11-9-14)5-2-3-7-17(21)23-13-16-6-4-12-20(16)18(19)22/h8-11,16H,2-7,12-13H2,1H3,(H2,19,22). The molecule has 5 nitrogen and oxygen atoms in total. The second-order valence-electron chi connectivity index (χ2n) is 6.20. The van der Waals surface area contributed by atoms with Gasteiger partial charge in [-0.2, -0.15) is 0 Å². The Morgan fingerprint density at radius 1 is 1.26 bits per heavy atom. The van der Waals surface area contributed by atoms with Crippen LogP contribution in [0.1, 0.15) is 43.2 Å². The number of likely N-dealkylation sites (tertiary alicyclic amines) is 1. The molecule has 2 N–H and O–H groups in total. The van der Waals surface area contributed by atoms with Crippen molar-refractivity contribution in [3.05, 3.63) is 35.4 Å². The lowest BCUT2D eigenvalue weighted by Crippen LogP contribution is -2.41. The first-order valence-corrected chi connectivity index (χ1v) is 8.33. The van der Waals surface area contributed by atoms with Crippen LogP contribution in [0.3, 0.4) is 0 Å². The van der Waals surface area contributed by atoms with Crippen LogP contribution in [0, 0.1) is 6.92 Å². The molecule has 0 aliphatic carbocycles. The van der Waals surface area contributed by atoms with Gasteiger partial charge in [0.15, 0.2) is 0 Å². The van der Waals surface area contributed by atoms with Crippen LogP contribution in [0.5, 0.6) is 0 Å². The molecule has 1 aromatic carbocycles. The summed E-state index contributed by atoms with van der Waals surface area (Å²) in [5.74, 6) is -0.190. The molecule has 0 aromatic heterocycles. The van der Waals surface area contributed by atoms with Crippen LogP contribution in [0.2, 0.25) is 0 Å². The Kier molecular flexibility index (Phi) is 6.44. The summed E-state index contributed by atoms with van der Waals surface area (Å²) in [6.45, 7) is 3.00. The van der Waals surface area contributed by atoms with Crippen molar-refractivity contribution < 1.29 is 14.3 Å². The van der Waals surface area contributed by atoms with Gasteiger partial charge in [-0.15, -0.1) is 0 Å². The molecule has 2 amide bonds. The van der Waals surface area contributed by atoms with Gasteiger partial charge in [-0.25, -0.2) is 4.79 Å². The first-order chi connectivity index (χ1) is 11.1. The molecule has 1 saturated heterocycles. The summed E-state index contributed by atoms with van der Waals surface area (Å²) in [7, 11) is 0. The fourth-order valence-corrected chi connectivity index (χ4v) is 2.91. The van der Waals surface area contributed by atoms with E-state index in [0.29, 0.717) is 13.0 Å². The smallest absolute Gasteiger partial charge is 0.315 e. The van der Waals surface area contributed by atoms with Gasteiger partial charge in [0, 0.05) is 13.0 Å². The third-order valence-corrected chi connectivity index (χ3v) is 4.31. The highest BCUT2D eigenvalue weighted by Gasteiger charge is 2.28. The molecule has 0 radical (unpaired) electrons. The topological polar surface area (TPSA) is 72.6 Å². The number of aryl methyl sites for hydroxylation is 2. The molecule has 1 heterocycles. The number of hydrogen-bond acceptors (Lipinski definition) is 3. The van der Waals surface area contributed by atoms with Crippen LogP contribution in [0.15, 0.2) is 24.3 Å². The van der Waals surface area contributed by atoms with Crippen molar-refractivity contribution in [2.45, 2.75) is 51.5 Å². The van der Waals surface area contributed by atoms with Crippen molar-refractivity contribution in [2.75, 3.05) is 13.2 Å². The Labute approximate surface area is 137 Å².